The van der Waals surface area contributed by atoms with Crippen LogP contribution >= 0.6 is 12.4 Å². The number of halogens is 1. The quantitative estimate of drug-likeness (QED) is 0.914. The Morgan fingerprint density at radius 1 is 1.45 bits per heavy atom. The van der Waals surface area contributed by atoms with Crippen LogP contribution in [-0.2, 0) is 23.7 Å². The first kappa shape index (κ1) is 17.4. The van der Waals surface area contributed by atoms with Gasteiger partial charge in [0.15, 0.2) is 0 Å². The highest BCUT2D eigenvalue weighted by Gasteiger charge is 2.25. The third-order valence-corrected chi connectivity index (χ3v) is 3.49. The molecule has 0 radical (unpaired) electrons. The van der Waals surface area contributed by atoms with Gasteiger partial charge in [-0.1, -0.05) is 20.8 Å². The van der Waals surface area contributed by atoms with Gasteiger partial charge in [0.25, 0.3) is 0 Å². The van der Waals surface area contributed by atoms with Crippen LogP contribution in [0, 0.1) is 0 Å². The summed E-state index contributed by atoms with van der Waals surface area (Å²) >= 11 is 0. The normalized spacial score (nSPS) is 20.8. The minimum Gasteiger partial charge on any atom is -0.374 e. The summed E-state index contributed by atoms with van der Waals surface area (Å²) in [5, 5.41) is 4.62. The number of ether oxygens (including phenoxy) is 1. The molecule has 116 valence electrons. The minimum absolute atomic E-state index is 0. The number of aryl methyl sites for hydroxylation is 1. The van der Waals surface area contributed by atoms with Crippen LogP contribution in [-0.4, -0.2) is 47.0 Å². The summed E-state index contributed by atoms with van der Waals surface area (Å²) in [7, 11) is 1.99. The highest BCUT2D eigenvalue weighted by molar-refractivity contribution is 5.85. The molecule has 1 atom stereocenters. The fourth-order valence-electron chi connectivity index (χ4n) is 2.59. The number of hydrogen-bond acceptors (Lipinski definition) is 4. The molecular formula is C14H27ClN4O. The maximum Gasteiger partial charge on any atom is 0.0824 e. The van der Waals surface area contributed by atoms with Crippen molar-refractivity contribution in [3.05, 3.63) is 17.5 Å². The van der Waals surface area contributed by atoms with Crippen LogP contribution in [0.3, 0.4) is 0 Å². The Hall–Kier alpha value is -0.620. The summed E-state index contributed by atoms with van der Waals surface area (Å²) in [6.07, 6.45) is 2.30. The topological polar surface area (TPSA) is 56.3 Å². The van der Waals surface area contributed by atoms with E-state index in [2.05, 4.69) is 37.0 Å². The molecule has 5 nitrogen and oxygen atoms in total. The molecule has 0 saturated carbocycles. The molecule has 1 fully saturated rings. The molecule has 1 saturated heterocycles. The summed E-state index contributed by atoms with van der Waals surface area (Å²) < 4.78 is 7.52. The van der Waals surface area contributed by atoms with E-state index in [1.54, 1.807) is 0 Å². The van der Waals surface area contributed by atoms with Crippen LogP contribution in [0.5, 0.6) is 0 Å². The zero-order valence-corrected chi connectivity index (χ0v) is 13.7. The Morgan fingerprint density at radius 2 is 2.15 bits per heavy atom. The predicted octanol–water partition coefficient (Wildman–Crippen LogP) is 1.30. The zero-order valence-electron chi connectivity index (χ0n) is 12.9. The first-order valence-electron chi connectivity index (χ1n) is 6.97. The molecule has 0 aliphatic carbocycles. The van der Waals surface area contributed by atoms with Gasteiger partial charge in [-0.05, 0) is 0 Å². The average molecular weight is 303 g/mol. The van der Waals surface area contributed by atoms with E-state index in [0.717, 1.165) is 26.2 Å². The summed E-state index contributed by atoms with van der Waals surface area (Å²) in [5.74, 6) is 0. The van der Waals surface area contributed by atoms with Crippen LogP contribution in [0.15, 0.2) is 6.20 Å². The van der Waals surface area contributed by atoms with Crippen molar-refractivity contribution in [3.63, 3.8) is 0 Å². The van der Waals surface area contributed by atoms with Crippen molar-refractivity contribution in [2.24, 2.45) is 12.8 Å². The summed E-state index contributed by atoms with van der Waals surface area (Å²) in [5.41, 5.74) is 8.27. The number of nitrogens with two attached hydrogens (primary N) is 1. The number of rotatable bonds is 3. The second-order valence-electron chi connectivity index (χ2n) is 6.39. The molecule has 0 aromatic carbocycles. The van der Waals surface area contributed by atoms with Crippen molar-refractivity contribution >= 4 is 12.4 Å². The summed E-state index contributed by atoms with van der Waals surface area (Å²) in [4.78, 5) is 2.41. The average Bonchev–Trinajstić information content (AvgIpc) is 2.70. The van der Waals surface area contributed by atoms with Gasteiger partial charge < -0.3 is 10.5 Å². The Labute approximate surface area is 127 Å². The van der Waals surface area contributed by atoms with Crippen LogP contribution in [0.4, 0.5) is 0 Å². The lowest BCUT2D eigenvalue weighted by Gasteiger charge is -2.32. The lowest BCUT2D eigenvalue weighted by Crippen LogP contribution is -2.45. The van der Waals surface area contributed by atoms with E-state index in [9.17, 15) is 0 Å². The van der Waals surface area contributed by atoms with E-state index in [1.807, 2.05) is 11.7 Å². The largest absolute Gasteiger partial charge is 0.374 e. The molecule has 1 aliphatic rings. The SMILES string of the molecule is Cl.Cn1cc(CN2CCOC(CN)C2)c(C(C)(C)C)n1. The minimum atomic E-state index is 0. The molecule has 0 amide bonds. The van der Waals surface area contributed by atoms with E-state index in [1.165, 1.54) is 11.3 Å². The van der Waals surface area contributed by atoms with Crippen molar-refractivity contribution in [1.82, 2.24) is 14.7 Å². The molecule has 20 heavy (non-hydrogen) atoms. The molecule has 0 spiro atoms. The van der Waals surface area contributed by atoms with Crippen molar-refractivity contribution in [1.29, 1.82) is 0 Å². The Morgan fingerprint density at radius 3 is 2.75 bits per heavy atom. The third-order valence-electron chi connectivity index (χ3n) is 3.49. The first-order valence-corrected chi connectivity index (χ1v) is 6.97. The molecule has 1 aromatic heterocycles. The maximum absolute atomic E-state index is 5.69. The highest BCUT2D eigenvalue weighted by atomic mass is 35.5. The van der Waals surface area contributed by atoms with Gasteiger partial charge in [0.2, 0.25) is 0 Å². The molecule has 0 bridgehead atoms. The van der Waals surface area contributed by atoms with Crippen molar-refractivity contribution in [2.45, 2.75) is 38.8 Å². The lowest BCUT2D eigenvalue weighted by atomic mass is 9.89. The van der Waals surface area contributed by atoms with Gasteiger partial charge in [-0.2, -0.15) is 5.10 Å². The van der Waals surface area contributed by atoms with E-state index in [-0.39, 0.29) is 23.9 Å². The fourth-order valence-corrected chi connectivity index (χ4v) is 2.59. The number of nitrogens with zero attached hydrogens (tertiary/aromatic N) is 3. The van der Waals surface area contributed by atoms with Crippen molar-refractivity contribution in [2.75, 3.05) is 26.2 Å². The van der Waals surface area contributed by atoms with Gasteiger partial charge in [0.1, 0.15) is 0 Å². The van der Waals surface area contributed by atoms with Crippen LogP contribution in [0.1, 0.15) is 32.0 Å². The molecule has 1 aliphatic heterocycles. The van der Waals surface area contributed by atoms with Crippen molar-refractivity contribution in [3.8, 4) is 0 Å². The molecule has 2 rings (SSSR count). The second kappa shape index (κ2) is 6.89. The van der Waals surface area contributed by atoms with Gasteiger partial charge in [-0.15, -0.1) is 12.4 Å². The fraction of sp³-hybridized carbons (Fsp3) is 0.786. The standard InChI is InChI=1S/C14H26N4O.ClH/c1-14(2,3)13-11(8-17(4)16-13)9-18-5-6-19-12(7-15)10-18;/h8,12H,5-7,9-10,15H2,1-4H3;1H. The number of hydrogen-bond donors (Lipinski definition) is 1. The van der Waals surface area contributed by atoms with Crippen LogP contribution in [0.25, 0.3) is 0 Å². The molecular weight excluding hydrogens is 276 g/mol. The van der Waals surface area contributed by atoms with E-state index in [0.29, 0.717) is 6.54 Å². The molecule has 2 heterocycles. The van der Waals surface area contributed by atoms with Crippen LogP contribution < -0.4 is 5.73 Å². The second-order valence-corrected chi connectivity index (χ2v) is 6.39. The van der Waals surface area contributed by atoms with E-state index in [4.69, 9.17) is 10.5 Å². The van der Waals surface area contributed by atoms with Crippen LogP contribution in [0.2, 0.25) is 0 Å². The molecule has 1 unspecified atom stereocenters. The van der Waals surface area contributed by atoms with Gasteiger partial charge in [0.05, 0.1) is 18.4 Å². The zero-order chi connectivity index (χ0) is 14.0. The summed E-state index contributed by atoms with van der Waals surface area (Å²) in [6.45, 7) is 10.8. The Kier molecular flexibility index (Phi) is 6.01. The molecule has 1 aromatic rings. The third kappa shape index (κ3) is 4.19. The molecule has 2 N–H and O–H groups in total. The maximum atomic E-state index is 5.69. The number of morpholine rings is 1. The smallest absolute Gasteiger partial charge is 0.0824 e. The van der Waals surface area contributed by atoms with Crippen molar-refractivity contribution < 1.29 is 4.74 Å². The Balaban J connectivity index is 0.00000200. The Bertz CT molecular complexity index is 427. The summed E-state index contributed by atoms with van der Waals surface area (Å²) in [6, 6.07) is 0. The first-order chi connectivity index (χ1) is 8.90. The molecule has 6 heteroatoms. The van der Waals surface area contributed by atoms with Gasteiger partial charge in [-0.25, -0.2) is 0 Å². The van der Waals surface area contributed by atoms with E-state index >= 15 is 0 Å². The lowest BCUT2D eigenvalue weighted by molar-refractivity contribution is -0.0261. The predicted molar refractivity (Wildman–Crippen MR) is 83.2 cm³/mol. The van der Waals surface area contributed by atoms with E-state index < -0.39 is 0 Å². The van der Waals surface area contributed by atoms with Gasteiger partial charge in [0, 0.05) is 50.4 Å². The van der Waals surface area contributed by atoms with Gasteiger partial charge in [-0.3, -0.25) is 9.58 Å². The van der Waals surface area contributed by atoms with Gasteiger partial charge >= 0.3 is 0 Å². The highest BCUT2D eigenvalue weighted by Crippen LogP contribution is 2.25. The number of aromatic nitrogens is 2. The monoisotopic (exact) mass is 302 g/mol.